The highest BCUT2D eigenvalue weighted by Gasteiger charge is 2.40. The fraction of sp³-hybridized carbons (Fsp3) is 1.00. The Morgan fingerprint density at radius 3 is 2.38 bits per heavy atom. The molecule has 1 fully saturated rings. The smallest absolute Gasteiger partial charge is 0.158 e. The van der Waals surface area contributed by atoms with Crippen molar-refractivity contribution >= 4 is 0 Å². The molecule has 2 heteroatoms. The van der Waals surface area contributed by atoms with Gasteiger partial charge >= 0.3 is 0 Å². The molecule has 0 aromatic carbocycles. The predicted molar refractivity (Wildman–Crippen MR) is 67.4 cm³/mol. The first-order chi connectivity index (χ1) is 7.24. The maximum atomic E-state index is 6.07. The molecule has 0 aliphatic carbocycles. The van der Waals surface area contributed by atoms with Crippen molar-refractivity contribution in [1.82, 2.24) is 0 Å². The highest BCUT2D eigenvalue weighted by atomic mass is 16.7. The minimum absolute atomic E-state index is 0.00655. The van der Waals surface area contributed by atoms with Crippen LogP contribution in [-0.2, 0) is 9.47 Å². The fourth-order valence-corrected chi connectivity index (χ4v) is 2.12. The Labute approximate surface area is 101 Å². The normalized spacial score (nSPS) is 30.4. The van der Waals surface area contributed by atoms with Gasteiger partial charge in [-0.15, -0.1) is 0 Å². The molecule has 1 aliphatic heterocycles. The lowest BCUT2D eigenvalue weighted by molar-refractivity contribution is -0.290. The lowest BCUT2D eigenvalue weighted by Gasteiger charge is -2.45. The molecule has 1 heterocycles. The van der Waals surface area contributed by atoms with Gasteiger partial charge < -0.3 is 9.47 Å². The molecule has 0 amide bonds. The molecule has 96 valence electrons. The van der Waals surface area contributed by atoms with Crippen LogP contribution < -0.4 is 0 Å². The zero-order valence-corrected chi connectivity index (χ0v) is 11.8. The third-order valence-corrected chi connectivity index (χ3v) is 3.20. The van der Waals surface area contributed by atoms with E-state index in [1.54, 1.807) is 0 Å². The van der Waals surface area contributed by atoms with Crippen LogP contribution >= 0.6 is 0 Å². The number of unbranched alkanes of at least 4 members (excludes halogenated alkanes) is 1. The molecule has 0 spiro atoms. The van der Waals surface area contributed by atoms with Gasteiger partial charge in [0.15, 0.2) is 6.29 Å². The van der Waals surface area contributed by atoms with E-state index in [1.165, 1.54) is 12.8 Å². The van der Waals surface area contributed by atoms with Crippen molar-refractivity contribution in [2.24, 2.45) is 5.41 Å². The summed E-state index contributed by atoms with van der Waals surface area (Å²) in [5, 5.41) is 0. The largest absolute Gasteiger partial charge is 0.349 e. The lowest BCUT2D eigenvalue weighted by Crippen LogP contribution is -2.48. The van der Waals surface area contributed by atoms with E-state index < -0.39 is 0 Å². The fourth-order valence-electron chi connectivity index (χ4n) is 2.12. The van der Waals surface area contributed by atoms with Crippen LogP contribution in [0.1, 0.15) is 67.2 Å². The molecule has 0 bridgehead atoms. The maximum absolute atomic E-state index is 6.07. The summed E-state index contributed by atoms with van der Waals surface area (Å²) in [5.74, 6) is 0. The van der Waals surface area contributed by atoms with Crippen LogP contribution in [0.25, 0.3) is 0 Å². The van der Waals surface area contributed by atoms with Crippen molar-refractivity contribution in [3.63, 3.8) is 0 Å². The Bertz CT molecular complexity index is 215. The van der Waals surface area contributed by atoms with Crippen molar-refractivity contribution in [2.45, 2.75) is 85.2 Å². The van der Waals surface area contributed by atoms with E-state index in [1.807, 2.05) is 0 Å². The topological polar surface area (TPSA) is 18.5 Å². The standard InChI is InChI=1S/C14H28O2/c1-7-8-9-12-15-11(13(2,3)4)10-14(5,6)16-12/h11-12H,7-10H2,1-6H3. The van der Waals surface area contributed by atoms with Crippen LogP contribution in [0.3, 0.4) is 0 Å². The number of rotatable bonds is 3. The van der Waals surface area contributed by atoms with Crippen LogP contribution in [0, 0.1) is 5.41 Å². The van der Waals surface area contributed by atoms with Crippen molar-refractivity contribution in [1.29, 1.82) is 0 Å². The quantitative estimate of drug-likeness (QED) is 0.723. The van der Waals surface area contributed by atoms with Crippen LogP contribution in [0.2, 0.25) is 0 Å². The summed E-state index contributed by atoms with van der Waals surface area (Å²) in [6, 6.07) is 0. The maximum Gasteiger partial charge on any atom is 0.158 e. The van der Waals surface area contributed by atoms with Gasteiger partial charge in [0, 0.05) is 6.42 Å². The minimum atomic E-state index is -0.0470. The van der Waals surface area contributed by atoms with Crippen LogP contribution in [0.15, 0.2) is 0 Å². The Kier molecular flexibility index (Phi) is 4.42. The molecule has 1 saturated heterocycles. The van der Waals surface area contributed by atoms with E-state index in [2.05, 4.69) is 41.5 Å². The Morgan fingerprint density at radius 2 is 1.88 bits per heavy atom. The van der Waals surface area contributed by atoms with E-state index in [4.69, 9.17) is 9.47 Å². The summed E-state index contributed by atoms with van der Waals surface area (Å²) in [6.45, 7) is 13.3. The third-order valence-electron chi connectivity index (χ3n) is 3.20. The van der Waals surface area contributed by atoms with Crippen molar-refractivity contribution in [3.8, 4) is 0 Å². The molecule has 0 N–H and O–H groups in total. The van der Waals surface area contributed by atoms with Gasteiger partial charge in [0.25, 0.3) is 0 Å². The monoisotopic (exact) mass is 228 g/mol. The summed E-state index contributed by atoms with van der Waals surface area (Å²) >= 11 is 0. The summed E-state index contributed by atoms with van der Waals surface area (Å²) < 4.78 is 12.0. The zero-order valence-electron chi connectivity index (χ0n) is 11.8. The van der Waals surface area contributed by atoms with E-state index in [-0.39, 0.29) is 17.3 Å². The SMILES string of the molecule is CCCCC1OC(C(C)(C)C)CC(C)(C)O1. The number of ether oxygens (including phenoxy) is 2. The molecular formula is C14H28O2. The minimum Gasteiger partial charge on any atom is -0.349 e. The summed E-state index contributed by atoms with van der Waals surface area (Å²) in [6.07, 6.45) is 4.68. The van der Waals surface area contributed by atoms with E-state index in [0.29, 0.717) is 6.10 Å². The van der Waals surface area contributed by atoms with Crippen LogP contribution in [-0.4, -0.2) is 18.0 Å². The number of hydrogen-bond donors (Lipinski definition) is 0. The van der Waals surface area contributed by atoms with Gasteiger partial charge in [-0.25, -0.2) is 0 Å². The second-order valence-corrected chi connectivity index (χ2v) is 6.64. The van der Waals surface area contributed by atoms with Gasteiger partial charge in [-0.2, -0.15) is 0 Å². The average molecular weight is 228 g/mol. The second-order valence-electron chi connectivity index (χ2n) is 6.64. The molecule has 0 saturated carbocycles. The third kappa shape index (κ3) is 4.06. The van der Waals surface area contributed by atoms with Crippen LogP contribution in [0.5, 0.6) is 0 Å². The molecule has 1 rings (SSSR count). The molecule has 16 heavy (non-hydrogen) atoms. The summed E-state index contributed by atoms with van der Waals surface area (Å²) in [4.78, 5) is 0. The van der Waals surface area contributed by atoms with Gasteiger partial charge in [0.05, 0.1) is 11.7 Å². The van der Waals surface area contributed by atoms with E-state index in [9.17, 15) is 0 Å². The van der Waals surface area contributed by atoms with Gasteiger partial charge in [-0.1, -0.05) is 34.1 Å². The first-order valence-corrected chi connectivity index (χ1v) is 6.58. The highest BCUT2D eigenvalue weighted by Crippen LogP contribution is 2.37. The predicted octanol–water partition coefficient (Wildman–Crippen LogP) is 4.13. The molecule has 0 aromatic heterocycles. The Hall–Kier alpha value is -0.0800. The molecule has 2 atom stereocenters. The first-order valence-electron chi connectivity index (χ1n) is 6.58. The summed E-state index contributed by atoms with van der Waals surface area (Å²) in [5.41, 5.74) is 0.153. The van der Waals surface area contributed by atoms with Gasteiger partial charge in [-0.3, -0.25) is 0 Å². The first kappa shape index (κ1) is 14.0. The van der Waals surface area contributed by atoms with Gasteiger partial charge in [-0.05, 0) is 32.1 Å². The van der Waals surface area contributed by atoms with Crippen molar-refractivity contribution in [2.75, 3.05) is 0 Å². The molecule has 0 radical (unpaired) electrons. The van der Waals surface area contributed by atoms with Crippen molar-refractivity contribution < 1.29 is 9.47 Å². The van der Waals surface area contributed by atoms with Crippen LogP contribution in [0.4, 0.5) is 0 Å². The average Bonchev–Trinajstić information content (AvgIpc) is 2.11. The van der Waals surface area contributed by atoms with E-state index in [0.717, 1.165) is 12.8 Å². The Balaban J connectivity index is 2.62. The lowest BCUT2D eigenvalue weighted by atomic mass is 9.82. The summed E-state index contributed by atoms with van der Waals surface area (Å²) in [7, 11) is 0. The highest BCUT2D eigenvalue weighted by molar-refractivity contribution is 4.86. The Morgan fingerprint density at radius 1 is 1.25 bits per heavy atom. The molecule has 2 nitrogen and oxygen atoms in total. The molecule has 2 unspecified atom stereocenters. The zero-order chi connectivity index (χ0) is 12.4. The van der Waals surface area contributed by atoms with Gasteiger partial charge in [0.2, 0.25) is 0 Å². The molecule has 1 aliphatic rings. The van der Waals surface area contributed by atoms with Crippen molar-refractivity contribution in [3.05, 3.63) is 0 Å². The van der Waals surface area contributed by atoms with E-state index >= 15 is 0 Å². The molecule has 0 aromatic rings. The number of hydrogen-bond acceptors (Lipinski definition) is 2. The molecular weight excluding hydrogens is 200 g/mol. The second kappa shape index (κ2) is 5.05. The van der Waals surface area contributed by atoms with Gasteiger partial charge in [0.1, 0.15) is 0 Å².